The third-order valence-corrected chi connectivity index (χ3v) is 3.72. The van der Waals surface area contributed by atoms with E-state index in [1.807, 2.05) is 30.3 Å². The Labute approximate surface area is 129 Å². The summed E-state index contributed by atoms with van der Waals surface area (Å²) in [5, 5.41) is 0. The van der Waals surface area contributed by atoms with Crippen LogP contribution >= 0.6 is 12.2 Å². The van der Waals surface area contributed by atoms with E-state index in [9.17, 15) is 0 Å². The molecule has 0 saturated carbocycles. The van der Waals surface area contributed by atoms with Crippen LogP contribution in [0.25, 0.3) is 0 Å². The van der Waals surface area contributed by atoms with Crippen LogP contribution in [-0.2, 0) is 6.54 Å². The molecule has 1 aliphatic rings. The van der Waals surface area contributed by atoms with Crippen LogP contribution in [0.2, 0.25) is 0 Å². The number of hydrogen-bond donors (Lipinski definition) is 1. The smallest absolute Gasteiger partial charge is 0.142 e. The molecule has 0 amide bonds. The van der Waals surface area contributed by atoms with Crippen LogP contribution in [0.3, 0.4) is 0 Å². The summed E-state index contributed by atoms with van der Waals surface area (Å²) in [6.07, 6.45) is 2.70. The van der Waals surface area contributed by atoms with Crippen LogP contribution < -0.4 is 15.4 Å². The third kappa shape index (κ3) is 2.97. The lowest BCUT2D eigenvalue weighted by atomic mass is 10.1. The second kappa shape index (κ2) is 6.10. The van der Waals surface area contributed by atoms with Gasteiger partial charge in [-0.3, -0.25) is 4.98 Å². The lowest BCUT2D eigenvalue weighted by molar-refractivity contribution is 0.322. The summed E-state index contributed by atoms with van der Waals surface area (Å²) in [4.78, 5) is 6.93. The average molecular weight is 299 g/mol. The van der Waals surface area contributed by atoms with Crippen LogP contribution in [0.4, 0.5) is 5.69 Å². The first-order chi connectivity index (χ1) is 10.3. The molecule has 108 valence electrons. The van der Waals surface area contributed by atoms with Crippen LogP contribution in [0.15, 0.2) is 42.6 Å². The van der Waals surface area contributed by atoms with Crippen LogP contribution in [0.1, 0.15) is 17.7 Å². The lowest BCUT2D eigenvalue weighted by Gasteiger charge is -2.24. The van der Waals surface area contributed by atoms with Crippen molar-refractivity contribution in [2.45, 2.75) is 13.0 Å². The van der Waals surface area contributed by atoms with Gasteiger partial charge in [-0.2, -0.15) is 0 Å². The molecule has 1 aromatic carbocycles. The Bertz CT molecular complexity index is 659. The minimum absolute atomic E-state index is 0.338. The highest BCUT2D eigenvalue weighted by molar-refractivity contribution is 7.80. The predicted molar refractivity (Wildman–Crippen MR) is 87.7 cm³/mol. The van der Waals surface area contributed by atoms with Crippen molar-refractivity contribution in [1.82, 2.24) is 4.98 Å². The molecule has 0 atom stereocenters. The van der Waals surface area contributed by atoms with E-state index in [1.165, 1.54) is 0 Å². The second-order valence-corrected chi connectivity index (χ2v) is 5.41. The number of benzene rings is 1. The summed E-state index contributed by atoms with van der Waals surface area (Å²) in [7, 11) is 0. The first-order valence-corrected chi connectivity index (χ1v) is 7.37. The molecule has 4 nitrogen and oxygen atoms in total. The van der Waals surface area contributed by atoms with Gasteiger partial charge in [-0.1, -0.05) is 30.4 Å². The number of hydrogen-bond acceptors (Lipinski definition) is 4. The number of nitrogens with two attached hydrogens (primary N) is 1. The molecular weight excluding hydrogens is 282 g/mol. The van der Waals surface area contributed by atoms with Crippen LogP contribution in [-0.4, -0.2) is 23.1 Å². The van der Waals surface area contributed by atoms with Crippen molar-refractivity contribution in [3.63, 3.8) is 0 Å². The normalized spacial score (nSPS) is 14.0. The monoisotopic (exact) mass is 299 g/mol. The summed E-state index contributed by atoms with van der Waals surface area (Å²) >= 11 is 5.09. The number of aromatic nitrogens is 1. The Morgan fingerprint density at radius 1 is 1.29 bits per heavy atom. The highest BCUT2D eigenvalue weighted by Gasteiger charge is 2.17. The van der Waals surface area contributed by atoms with Gasteiger partial charge in [0.15, 0.2) is 0 Å². The zero-order valence-electron chi connectivity index (χ0n) is 11.7. The molecule has 0 bridgehead atoms. The maximum absolute atomic E-state index is 5.79. The second-order valence-electron chi connectivity index (χ2n) is 4.97. The molecule has 0 saturated heterocycles. The Balaban J connectivity index is 1.93. The lowest BCUT2D eigenvalue weighted by Crippen LogP contribution is -2.25. The Kier molecular flexibility index (Phi) is 4.01. The molecule has 2 aromatic rings. The zero-order valence-corrected chi connectivity index (χ0v) is 12.5. The van der Waals surface area contributed by atoms with Crippen molar-refractivity contribution >= 4 is 22.9 Å². The quantitative estimate of drug-likeness (QED) is 0.883. The van der Waals surface area contributed by atoms with E-state index >= 15 is 0 Å². The first kappa shape index (κ1) is 13.8. The van der Waals surface area contributed by atoms with Gasteiger partial charge < -0.3 is 15.4 Å². The van der Waals surface area contributed by atoms with E-state index in [1.54, 1.807) is 6.20 Å². The molecule has 1 aliphatic heterocycles. The molecule has 0 aliphatic carbocycles. The van der Waals surface area contributed by atoms with Gasteiger partial charge in [-0.05, 0) is 24.6 Å². The Morgan fingerprint density at radius 2 is 2.14 bits per heavy atom. The fraction of sp³-hybridized carbons (Fsp3) is 0.250. The topological polar surface area (TPSA) is 51.4 Å². The predicted octanol–water partition coefficient (Wildman–Crippen LogP) is 2.50. The highest BCUT2D eigenvalue weighted by Crippen LogP contribution is 2.31. The molecule has 0 fully saturated rings. The molecule has 2 heterocycles. The van der Waals surface area contributed by atoms with Crippen molar-refractivity contribution in [2.24, 2.45) is 5.73 Å². The third-order valence-electron chi connectivity index (χ3n) is 3.52. The summed E-state index contributed by atoms with van der Waals surface area (Å²) in [5.41, 5.74) is 8.62. The summed E-state index contributed by atoms with van der Waals surface area (Å²) in [5.74, 6) is 0.927. The summed E-state index contributed by atoms with van der Waals surface area (Å²) in [6.45, 7) is 2.40. The molecule has 0 spiro atoms. The number of nitrogens with zero attached hydrogens (tertiary/aromatic N) is 2. The van der Waals surface area contributed by atoms with Crippen LogP contribution in [0, 0.1) is 0 Å². The molecular formula is C16H17N3OS. The van der Waals surface area contributed by atoms with Gasteiger partial charge in [-0.15, -0.1) is 0 Å². The number of ether oxygens (including phenoxy) is 1. The number of rotatable bonds is 3. The van der Waals surface area contributed by atoms with E-state index in [4.69, 9.17) is 22.7 Å². The maximum atomic E-state index is 5.79. The van der Waals surface area contributed by atoms with E-state index < -0.39 is 0 Å². The molecule has 5 heteroatoms. The molecule has 2 N–H and O–H groups in total. The number of para-hydroxylation sites is 2. The van der Waals surface area contributed by atoms with Gasteiger partial charge in [0.05, 0.1) is 12.3 Å². The van der Waals surface area contributed by atoms with E-state index in [0.717, 1.165) is 43.1 Å². The molecule has 21 heavy (non-hydrogen) atoms. The number of thiocarbonyl (C=S) groups is 1. The number of fused-ring (bicyclic) bond motifs is 1. The van der Waals surface area contributed by atoms with Gasteiger partial charge in [-0.25, -0.2) is 0 Å². The minimum Gasteiger partial charge on any atom is -0.491 e. The molecule has 1 aromatic heterocycles. The molecule has 0 unspecified atom stereocenters. The van der Waals surface area contributed by atoms with Gasteiger partial charge in [0.25, 0.3) is 0 Å². The SMILES string of the molecule is NC(=S)c1ncccc1CN1CCCOc2ccccc21. The maximum Gasteiger partial charge on any atom is 0.142 e. The van der Waals surface area contributed by atoms with Crippen molar-refractivity contribution in [3.8, 4) is 5.75 Å². The van der Waals surface area contributed by atoms with E-state index in [0.29, 0.717) is 10.7 Å². The van der Waals surface area contributed by atoms with Gasteiger partial charge in [0, 0.05) is 24.8 Å². The highest BCUT2D eigenvalue weighted by atomic mass is 32.1. The van der Waals surface area contributed by atoms with Crippen molar-refractivity contribution in [2.75, 3.05) is 18.1 Å². The van der Waals surface area contributed by atoms with Gasteiger partial charge in [0.2, 0.25) is 0 Å². The Hall–Kier alpha value is -2.14. The first-order valence-electron chi connectivity index (χ1n) is 6.96. The van der Waals surface area contributed by atoms with E-state index in [-0.39, 0.29) is 0 Å². The standard InChI is InChI=1S/C16H17N3OS/c17-16(21)15-12(5-3-8-18-15)11-19-9-4-10-20-14-7-2-1-6-13(14)19/h1-3,5-8H,4,9-11H2,(H2,17,21). The van der Waals surface area contributed by atoms with Crippen LogP contribution in [0.5, 0.6) is 5.75 Å². The van der Waals surface area contributed by atoms with Crippen molar-refractivity contribution in [1.29, 1.82) is 0 Å². The van der Waals surface area contributed by atoms with Crippen molar-refractivity contribution in [3.05, 3.63) is 53.9 Å². The summed E-state index contributed by atoms with van der Waals surface area (Å²) < 4.78 is 5.79. The average Bonchev–Trinajstić information content (AvgIpc) is 2.70. The number of anilines is 1. The van der Waals surface area contributed by atoms with Gasteiger partial charge in [0.1, 0.15) is 16.4 Å². The fourth-order valence-electron chi connectivity index (χ4n) is 2.56. The zero-order chi connectivity index (χ0) is 14.7. The Morgan fingerprint density at radius 3 is 3.00 bits per heavy atom. The largest absolute Gasteiger partial charge is 0.491 e. The summed E-state index contributed by atoms with van der Waals surface area (Å²) in [6, 6.07) is 12.0. The van der Waals surface area contributed by atoms with E-state index in [2.05, 4.69) is 16.0 Å². The molecule has 0 radical (unpaired) electrons. The van der Waals surface area contributed by atoms with Crippen molar-refractivity contribution < 1.29 is 4.74 Å². The van der Waals surface area contributed by atoms with Gasteiger partial charge >= 0.3 is 0 Å². The minimum atomic E-state index is 0.338. The molecule has 3 rings (SSSR count). The fourth-order valence-corrected chi connectivity index (χ4v) is 2.74. The number of pyridine rings is 1.